The molecule has 1 aliphatic rings. The number of rotatable bonds is 8. The number of aromatic nitrogens is 1. The number of nitrogens with zero attached hydrogens (tertiary/aromatic N) is 1. The molecule has 3 aromatic rings. The Hall–Kier alpha value is -3.48. The van der Waals surface area contributed by atoms with Gasteiger partial charge >= 0.3 is 5.97 Å². The fourth-order valence-electron chi connectivity index (χ4n) is 4.53. The highest BCUT2D eigenvalue weighted by Crippen LogP contribution is 2.40. The van der Waals surface area contributed by atoms with Crippen molar-refractivity contribution in [2.45, 2.75) is 32.2 Å². The Morgan fingerprint density at radius 1 is 1.22 bits per heavy atom. The number of aryl methyl sites for hydroxylation is 1. The zero-order valence-corrected chi connectivity index (χ0v) is 18.6. The maximum absolute atomic E-state index is 12.0. The van der Waals surface area contributed by atoms with Crippen molar-refractivity contribution in [3.05, 3.63) is 58.8 Å². The molecule has 168 valence electrons. The van der Waals surface area contributed by atoms with Crippen molar-refractivity contribution < 1.29 is 23.8 Å². The second kappa shape index (κ2) is 9.34. The van der Waals surface area contributed by atoms with Gasteiger partial charge in [0.1, 0.15) is 0 Å². The molecule has 0 spiro atoms. The van der Waals surface area contributed by atoms with Crippen molar-refractivity contribution in [2.75, 3.05) is 27.4 Å². The van der Waals surface area contributed by atoms with Crippen molar-refractivity contribution in [3.8, 4) is 11.5 Å². The van der Waals surface area contributed by atoms with Crippen LogP contribution in [0.25, 0.3) is 10.9 Å². The molecule has 0 saturated heterocycles. The molecule has 0 radical (unpaired) electrons. The van der Waals surface area contributed by atoms with Gasteiger partial charge in [-0.1, -0.05) is 0 Å². The Balaban J connectivity index is 1.65. The molecule has 4 rings (SSSR count). The van der Waals surface area contributed by atoms with E-state index in [1.807, 2.05) is 42.3 Å². The highest BCUT2D eigenvalue weighted by molar-refractivity contribution is 5.95. The number of benzene rings is 2. The molecule has 1 N–H and O–H groups in total. The van der Waals surface area contributed by atoms with Crippen LogP contribution in [0.2, 0.25) is 0 Å². The van der Waals surface area contributed by atoms with Crippen LogP contribution in [0.4, 0.5) is 0 Å². The van der Waals surface area contributed by atoms with Crippen LogP contribution in [-0.2, 0) is 22.4 Å². The first kappa shape index (κ1) is 21.7. The largest absolute Gasteiger partial charge is 0.493 e. The minimum atomic E-state index is -0.357. The summed E-state index contributed by atoms with van der Waals surface area (Å²) in [5.74, 6) is 1.06. The number of carbonyl (C=O) groups excluding carboxylic acids is 2. The Morgan fingerprint density at radius 2 is 2.06 bits per heavy atom. The lowest BCUT2D eigenvalue weighted by Gasteiger charge is -2.35. The summed E-state index contributed by atoms with van der Waals surface area (Å²) in [6.45, 7) is 3.14. The highest BCUT2D eigenvalue weighted by Gasteiger charge is 2.28. The number of fused-ring (bicyclic) bond motifs is 2. The number of ether oxygens (including phenoxy) is 3. The number of H-pyrrole nitrogens is 1. The van der Waals surface area contributed by atoms with Crippen molar-refractivity contribution >= 4 is 23.3 Å². The van der Waals surface area contributed by atoms with E-state index in [9.17, 15) is 9.59 Å². The van der Waals surface area contributed by atoms with Crippen LogP contribution in [0.3, 0.4) is 0 Å². The first-order chi connectivity index (χ1) is 15.6. The van der Waals surface area contributed by atoms with Gasteiger partial charge in [-0.3, -0.25) is 4.79 Å². The number of amides is 1. The maximum atomic E-state index is 12.0. The van der Waals surface area contributed by atoms with Crippen molar-refractivity contribution in [3.63, 3.8) is 0 Å². The zero-order chi connectivity index (χ0) is 22.7. The number of nitrogens with one attached hydrogen (secondary N) is 1. The third kappa shape index (κ3) is 4.02. The van der Waals surface area contributed by atoms with E-state index < -0.39 is 0 Å². The second-order valence-corrected chi connectivity index (χ2v) is 7.85. The van der Waals surface area contributed by atoms with Gasteiger partial charge < -0.3 is 24.1 Å². The van der Waals surface area contributed by atoms with Crippen LogP contribution in [-0.4, -0.2) is 49.6 Å². The predicted octanol–water partition coefficient (Wildman–Crippen LogP) is 4.05. The summed E-state index contributed by atoms with van der Waals surface area (Å²) in [5, 5.41) is 0.992. The summed E-state index contributed by atoms with van der Waals surface area (Å²) in [7, 11) is 3.02. The van der Waals surface area contributed by atoms with Gasteiger partial charge in [-0.25, -0.2) is 4.79 Å². The van der Waals surface area contributed by atoms with Gasteiger partial charge in [0, 0.05) is 23.6 Å². The van der Waals surface area contributed by atoms with E-state index in [2.05, 4.69) is 4.98 Å². The molecule has 1 aromatic heterocycles. The monoisotopic (exact) mass is 436 g/mol. The van der Waals surface area contributed by atoms with Crippen LogP contribution in [0.1, 0.15) is 46.4 Å². The topological polar surface area (TPSA) is 80.9 Å². The number of aromatic amines is 1. The normalized spacial score (nSPS) is 15.3. The Labute approximate surface area is 187 Å². The molecule has 1 atom stereocenters. The molecule has 0 saturated carbocycles. The smallest absolute Gasteiger partial charge is 0.337 e. The third-order valence-electron chi connectivity index (χ3n) is 6.14. The molecular formula is C25H28N2O5. The zero-order valence-electron chi connectivity index (χ0n) is 18.6. The lowest BCUT2D eigenvalue weighted by atomic mass is 9.88. The molecular weight excluding hydrogens is 408 g/mol. The SMILES string of the molecule is CCOc1cc2c(cc1OC)CCN(C=O)C2CCc1c[nH]c2ccc(C(=O)OC)cc12. The van der Waals surface area contributed by atoms with Gasteiger partial charge in [0.15, 0.2) is 11.5 Å². The van der Waals surface area contributed by atoms with Gasteiger partial charge in [0.25, 0.3) is 0 Å². The van der Waals surface area contributed by atoms with E-state index in [0.29, 0.717) is 24.5 Å². The molecule has 0 aliphatic carbocycles. The summed E-state index contributed by atoms with van der Waals surface area (Å²) < 4.78 is 16.2. The van der Waals surface area contributed by atoms with E-state index in [4.69, 9.17) is 14.2 Å². The van der Waals surface area contributed by atoms with Crippen LogP contribution >= 0.6 is 0 Å². The molecule has 7 nitrogen and oxygen atoms in total. The van der Waals surface area contributed by atoms with Gasteiger partial charge in [0.2, 0.25) is 6.41 Å². The summed E-state index contributed by atoms with van der Waals surface area (Å²) in [6, 6.07) is 9.49. The van der Waals surface area contributed by atoms with Gasteiger partial charge in [-0.15, -0.1) is 0 Å². The van der Waals surface area contributed by atoms with E-state index >= 15 is 0 Å². The van der Waals surface area contributed by atoms with Gasteiger partial charge in [-0.2, -0.15) is 0 Å². The van der Waals surface area contributed by atoms with Crippen LogP contribution in [0.15, 0.2) is 36.5 Å². The standard InChI is InChI=1S/C25H28N2O5/c1-4-32-24-13-20-16(12-23(24)30-2)9-10-27(15-28)22(20)8-6-18-14-26-21-7-5-17(11-19(18)21)25(29)31-3/h5,7,11-15,22,26H,4,6,8-10H2,1-3H3. The second-order valence-electron chi connectivity index (χ2n) is 7.85. The molecule has 7 heteroatoms. The Bertz CT molecular complexity index is 1140. The molecule has 2 heterocycles. The molecule has 2 aromatic carbocycles. The number of methoxy groups -OCH3 is 2. The van der Waals surface area contributed by atoms with E-state index in [-0.39, 0.29) is 12.0 Å². The van der Waals surface area contributed by atoms with Crippen LogP contribution in [0.5, 0.6) is 11.5 Å². The highest BCUT2D eigenvalue weighted by atomic mass is 16.5. The quantitative estimate of drug-likeness (QED) is 0.426. The van der Waals surface area contributed by atoms with Crippen molar-refractivity contribution in [2.24, 2.45) is 0 Å². The first-order valence-corrected chi connectivity index (χ1v) is 10.8. The predicted molar refractivity (Wildman–Crippen MR) is 121 cm³/mol. The summed E-state index contributed by atoms with van der Waals surface area (Å²) in [5.41, 5.74) is 4.87. The summed E-state index contributed by atoms with van der Waals surface area (Å²) in [4.78, 5) is 28.9. The van der Waals surface area contributed by atoms with E-state index in [1.165, 1.54) is 12.7 Å². The Morgan fingerprint density at radius 3 is 2.78 bits per heavy atom. The van der Waals surface area contributed by atoms with Crippen LogP contribution in [0, 0.1) is 0 Å². The minimum absolute atomic E-state index is 0.0601. The molecule has 1 amide bonds. The number of esters is 1. The molecule has 1 unspecified atom stereocenters. The van der Waals surface area contributed by atoms with Gasteiger partial charge in [0.05, 0.1) is 32.4 Å². The van der Waals surface area contributed by atoms with Crippen LogP contribution < -0.4 is 9.47 Å². The van der Waals surface area contributed by atoms with Crippen molar-refractivity contribution in [1.29, 1.82) is 0 Å². The number of hydrogen-bond donors (Lipinski definition) is 1. The third-order valence-corrected chi connectivity index (χ3v) is 6.14. The number of carbonyl (C=O) groups is 2. The fraction of sp³-hybridized carbons (Fsp3) is 0.360. The number of hydrogen-bond acceptors (Lipinski definition) is 5. The average molecular weight is 437 g/mol. The average Bonchev–Trinajstić information content (AvgIpc) is 3.23. The maximum Gasteiger partial charge on any atom is 0.337 e. The van der Waals surface area contributed by atoms with Crippen molar-refractivity contribution in [1.82, 2.24) is 9.88 Å². The molecule has 0 bridgehead atoms. The van der Waals surface area contributed by atoms with Gasteiger partial charge in [-0.05, 0) is 73.2 Å². The lowest BCUT2D eigenvalue weighted by molar-refractivity contribution is -0.120. The molecule has 32 heavy (non-hydrogen) atoms. The minimum Gasteiger partial charge on any atom is -0.493 e. The van der Waals surface area contributed by atoms with E-state index in [1.54, 1.807) is 13.2 Å². The lowest BCUT2D eigenvalue weighted by Crippen LogP contribution is -2.34. The fourth-order valence-corrected chi connectivity index (χ4v) is 4.53. The summed E-state index contributed by atoms with van der Waals surface area (Å²) in [6.07, 6.45) is 5.18. The molecule has 1 aliphatic heterocycles. The Kier molecular flexibility index (Phi) is 6.35. The summed E-state index contributed by atoms with van der Waals surface area (Å²) >= 11 is 0. The first-order valence-electron chi connectivity index (χ1n) is 10.8. The molecule has 0 fully saturated rings. The van der Waals surface area contributed by atoms with E-state index in [0.717, 1.165) is 53.5 Å².